The molecule has 1 aromatic rings. The Labute approximate surface area is 81.8 Å². The van der Waals surface area contributed by atoms with Crippen LogP contribution in [-0.4, -0.2) is 27.2 Å². The Morgan fingerprint density at radius 2 is 2.00 bits per heavy atom. The molecule has 1 aromatic heterocycles. The first-order valence-electron chi connectivity index (χ1n) is 3.34. The van der Waals surface area contributed by atoms with E-state index in [1.165, 1.54) is 18.6 Å². The summed E-state index contributed by atoms with van der Waals surface area (Å²) in [4.78, 5) is 16.2. The molecule has 0 unspecified atom stereocenters. The average Bonchev–Trinajstić information content (AvgIpc) is 2.18. The molecule has 0 saturated heterocycles. The summed E-state index contributed by atoms with van der Waals surface area (Å²) in [7, 11) is 0. The number of nitrogens with zero attached hydrogens (tertiary/aromatic N) is 3. The number of carbonyl (C=O) groups is 1. The summed E-state index contributed by atoms with van der Waals surface area (Å²) in [6, 6.07) is 1.85. The summed E-state index contributed by atoms with van der Waals surface area (Å²) < 4.78 is 31.7. The number of hydrogen-bond acceptors (Lipinski definition) is 4. The van der Waals surface area contributed by atoms with E-state index in [-0.39, 0.29) is 0 Å². The van der Waals surface area contributed by atoms with Gasteiger partial charge in [-0.3, -0.25) is 4.98 Å². The zero-order chi connectivity index (χ0) is 11.9. The van der Waals surface area contributed by atoms with Crippen molar-refractivity contribution in [2.75, 3.05) is 0 Å². The third kappa shape index (κ3) is 5.98. The first-order chi connectivity index (χ1) is 6.88. The van der Waals surface area contributed by atoms with Gasteiger partial charge in [-0.15, -0.1) is 0 Å². The summed E-state index contributed by atoms with van der Waals surface area (Å²) in [5, 5.41) is 15.3. The van der Waals surface area contributed by atoms with Crippen molar-refractivity contribution in [3.63, 3.8) is 0 Å². The predicted octanol–water partition coefficient (Wildman–Crippen LogP) is 0.982. The largest absolute Gasteiger partial charge is 0.490 e. The van der Waals surface area contributed by atoms with Gasteiger partial charge < -0.3 is 5.11 Å². The van der Waals surface area contributed by atoms with Gasteiger partial charge in [-0.1, -0.05) is 0 Å². The Kier molecular flexibility index (Phi) is 4.74. The fourth-order valence-corrected chi connectivity index (χ4v) is 0.357. The second kappa shape index (κ2) is 5.54. The molecule has 1 rings (SSSR count). The molecule has 1 heterocycles. The lowest BCUT2D eigenvalue weighted by molar-refractivity contribution is -0.192. The predicted molar refractivity (Wildman–Crippen MR) is 40.4 cm³/mol. The van der Waals surface area contributed by atoms with Crippen molar-refractivity contribution >= 4 is 5.97 Å². The highest BCUT2D eigenvalue weighted by molar-refractivity contribution is 5.73. The van der Waals surface area contributed by atoms with Crippen LogP contribution in [0.1, 0.15) is 5.69 Å². The molecule has 0 aliphatic rings. The normalized spacial score (nSPS) is 9.47. The van der Waals surface area contributed by atoms with Crippen molar-refractivity contribution in [1.82, 2.24) is 9.97 Å². The molecule has 0 fully saturated rings. The van der Waals surface area contributed by atoms with Crippen LogP contribution in [0.5, 0.6) is 0 Å². The third-order valence-corrected chi connectivity index (χ3v) is 0.920. The highest BCUT2D eigenvalue weighted by Gasteiger charge is 2.38. The van der Waals surface area contributed by atoms with Gasteiger partial charge >= 0.3 is 12.1 Å². The number of alkyl halides is 3. The smallest absolute Gasteiger partial charge is 0.475 e. The average molecular weight is 219 g/mol. The molecule has 15 heavy (non-hydrogen) atoms. The molecule has 1 N–H and O–H groups in total. The molecular weight excluding hydrogens is 215 g/mol. The van der Waals surface area contributed by atoms with Crippen LogP contribution in [0, 0.1) is 11.3 Å². The van der Waals surface area contributed by atoms with Gasteiger partial charge in [-0.2, -0.15) is 18.4 Å². The van der Waals surface area contributed by atoms with E-state index in [1.54, 1.807) is 0 Å². The van der Waals surface area contributed by atoms with E-state index < -0.39 is 12.1 Å². The molecule has 0 bridgehead atoms. The monoisotopic (exact) mass is 219 g/mol. The molecule has 0 spiro atoms. The van der Waals surface area contributed by atoms with Crippen LogP contribution in [0.3, 0.4) is 0 Å². The van der Waals surface area contributed by atoms with Crippen LogP contribution in [0.4, 0.5) is 13.2 Å². The summed E-state index contributed by atoms with van der Waals surface area (Å²) in [6.45, 7) is 0. The number of aromatic nitrogens is 2. The highest BCUT2D eigenvalue weighted by Crippen LogP contribution is 2.13. The SMILES string of the molecule is N#Cc1cnccn1.O=C(O)C(F)(F)F. The Morgan fingerprint density at radius 1 is 1.47 bits per heavy atom. The lowest BCUT2D eigenvalue weighted by Gasteiger charge is -1.93. The molecule has 0 amide bonds. The van der Waals surface area contributed by atoms with E-state index in [0.717, 1.165) is 0 Å². The van der Waals surface area contributed by atoms with Gasteiger partial charge in [0.05, 0.1) is 6.20 Å². The third-order valence-electron chi connectivity index (χ3n) is 0.920. The van der Waals surface area contributed by atoms with E-state index in [4.69, 9.17) is 15.2 Å². The number of carboxylic acid groups (broad SMARTS) is 1. The lowest BCUT2D eigenvalue weighted by Crippen LogP contribution is -2.21. The van der Waals surface area contributed by atoms with Gasteiger partial charge in [0.1, 0.15) is 6.07 Å². The van der Waals surface area contributed by atoms with Crippen LogP contribution in [-0.2, 0) is 4.79 Å². The van der Waals surface area contributed by atoms with Crippen LogP contribution in [0.25, 0.3) is 0 Å². The fourth-order valence-electron chi connectivity index (χ4n) is 0.357. The van der Waals surface area contributed by atoms with Gasteiger partial charge in [-0.05, 0) is 0 Å². The standard InChI is InChI=1S/C5H3N3.C2HF3O2/c6-3-5-4-7-1-2-8-5;3-2(4,5)1(6)7/h1-2,4H;(H,6,7). The van der Waals surface area contributed by atoms with Gasteiger partial charge in [-0.25, -0.2) is 9.78 Å². The van der Waals surface area contributed by atoms with Gasteiger partial charge in [0.25, 0.3) is 0 Å². The maximum Gasteiger partial charge on any atom is 0.490 e. The van der Waals surface area contributed by atoms with E-state index >= 15 is 0 Å². The zero-order valence-corrected chi connectivity index (χ0v) is 7.06. The molecule has 0 radical (unpaired) electrons. The number of rotatable bonds is 0. The molecule has 0 aromatic carbocycles. The van der Waals surface area contributed by atoms with Crippen molar-refractivity contribution in [2.45, 2.75) is 6.18 Å². The zero-order valence-electron chi connectivity index (χ0n) is 7.06. The number of nitriles is 1. The van der Waals surface area contributed by atoms with Crippen LogP contribution in [0.15, 0.2) is 18.6 Å². The van der Waals surface area contributed by atoms with Gasteiger partial charge in [0, 0.05) is 12.4 Å². The topological polar surface area (TPSA) is 86.9 Å². The molecule has 0 saturated carbocycles. The van der Waals surface area contributed by atoms with Crippen molar-refractivity contribution in [3.8, 4) is 6.07 Å². The fraction of sp³-hybridized carbons (Fsp3) is 0.143. The van der Waals surface area contributed by atoms with E-state index in [1.807, 2.05) is 6.07 Å². The first-order valence-corrected chi connectivity index (χ1v) is 3.34. The molecule has 0 aliphatic carbocycles. The van der Waals surface area contributed by atoms with E-state index in [2.05, 4.69) is 9.97 Å². The Bertz CT molecular complexity index is 358. The second-order valence-corrected chi connectivity index (χ2v) is 2.01. The number of halogens is 3. The number of carboxylic acids is 1. The Morgan fingerprint density at radius 3 is 2.20 bits per heavy atom. The number of aliphatic carboxylic acids is 1. The summed E-state index contributed by atoms with van der Waals surface area (Å²) in [5.41, 5.74) is 0.354. The molecular formula is C7H4F3N3O2. The minimum Gasteiger partial charge on any atom is -0.475 e. The first kappa shape index (κ1) is 12.8. The Hall–Kier alpha value is -2.17. The minimum atomic E-state index is -5.08. The van der Waals surface area contributed by atoms with Crippen molar-refractivity contribution < 1.29 is 23.1 Å². The van der Waals surface area contributed by atoms with Gasteiger partial charge in [0.15, 0.2) is 5.69 Å². The Balaban J connectivity index is 0.000000265. The maximum atomic E-state index is 10.6. The number of hydrogen-bond donors (Lipinski definition) is 1. The summed E-state index contributed by atoms with van der Waals surface area (Å²) in [5.74, 6) is -2.76. The van der Waals surface area contributed by atoms with Crippen molar-refractivity contribution in [3.05, 3.63) is 24.3 Å². The van der Waals surface area contributed by atoms with E-state index in [9.17, 15) is 13.2 Å². The van der Waals surface area contributed by atoms with Crippen molar-refractivity contribution in [2.24, 2.45) is 0 Å². The van der Waals surface area contributed by atoms with Crippen LogP contribution < -0.4 is 0 Å². The van der Waals surface area contributed by atoms with E-state index in [0.29, 0.717) is 5.69 Å². The molecule has 8 heteroatoms. The molecule has 80 valence electrons. The molecule has 5 nitrogen and oxygen atoms in total. The minimum absolute atomic E-state index is 0.354. The van der Waals surface area contributed by atoms with Crippen LogP contribution >= 0.6 is 0 Å². The quantitative estimate of drug-likeness (QED) is 0.702. The highest BCUT2D eigenvalue weighted by atomic mass is 19.4. The molecule has 0 atom stereocenters. The summed E-state index contributed by atoms with van der Waals surface area (Å²) in [6.07, 6.45) is -0.653. The lowest BCUT2D eigenvalue weighted by atomic mass is 10.5. The maximum absolute atomic E-state index is 10.6. The van der Waals surface area contributed by atoms with Crippen LogP contribution in [0.2, 0.25) is 0 Å². The molecule has 0 aliphatic heterocycles. The van der Waals surface area contributed by atoms with Crippen molar-refractivity contribution in [1.29, 1.82) is 5.26 Å². The summed E-state index contributed by atoms with van der Waals surface area (Å²) >= 11 is 0. The second-order valence-electron chi connectivity index (χ2n) is 2.01. The van der Waals surface area contributed by atoms with Gasteiger partial charge in [0.2, 0.25) is 0 Å².